The van der Waals surface area contributed by atoms with Gasteiger partial charge < -0.3 is 21.7 Å². The quantitative estimate of drug-likeness (QED) is 0.389. The molecule has 0 aliphatic heterocycles. The van der Waals surface area contributed by atoms with E-state index in [1.54, 1.807) is 0 Å². The molecule has 5 heteroatoms. The molecule has 1 rings (SSSR count). The number of hydrogen-bond donors (Lipinski definition) is 4. The number of aliphatic hydroxyl groups is 1. The first-order chi connectivity index (χ1) is 6.06. The highest BCUT2D eigenvalue weighted by Crippen LogP contribution is 2.28. The van der Waals surface area contributed by atoms with Gasteiger partial charge in [0, 0.05) is 17.3 Å². The number of aliphatic hydroxyl groups excluding tert-OH is 1. The molecule has 0 aliphatic carbocycles. The lowest BCUT2D eigenvalue weighted by Gasteiger charge is -2.11. The molecule has 0 spiro atoms. The summed E-state index contributed by atoms with van der Waals surface area (Å²) < 4.78 is 12.9. The molecule has 0 saturated heterocycles. The van der Waals surface area contributed by atoms with Crippen LogP contribution in [0.15, 0.2) is 12.1 Å². The van der Waals surface area contributed by atoms with E-state index < -0.39 is 17.6 Å². The number of phenols is 1. The fraction of sp³-hybridized carbons (Fsp3) is 0.250. The first-order valence-electron chi connectivity index (χ1n) is 3.70. The minimum atomic E-state index is -0.834. The number of anilines is 1. The average Bonchev–Trinajstić information content (AvgIpc) is 2.10. The highest BCUT2D eigenvalue weighted by atomic mass is 19.1. The Morgan fingerprint density at radius 3 is 2.62 bits per heavy atom. The zero-order valence-electron chi connectivity index (χ0n) is 6.87. The van der Waals surface area contributed by atoms with Crippen LogP contribution in [0.3, 0.4) is 0 Å². The number of hydrogen-bond acceptors (Lipinski definition) is 4. The number of nitrogens with two attached hydrogens (primary N) is 2. The molecule has 1 aromatic rings. The van der Waals surface area contributed by atoms with Crippen LogP contribution in [-0.2, 0) is 0 Å². The molecular weight excluding hydrogens is 175 g/mol. The van der Waals surface area contributed by atoms with Crippen molar-refractivity contribution in [1.29, 1.82) is 0 Å². The number of nitrogen functional groups attached to an aromatic ring is 1. The lowest BCUT2D eigenvalue weighted by atomic mass is 10.1. The Balaban J connectivity index is 3.20. The number of rotatable bonds is 2. The Morgan fingerprint density at radius 1 is 1.46 bits per heavy atom. The molecule has 0 fully saturated rings. The van der Waals surface area contributed by atoms with Gasteiger partial charge in [0.1, 0.15) is 0 Å². The van der Waals surface area contributed by atoms with Crippen molar-refractivity contribution < 1.29 is 14.6 Å². The minimum Gasteiger partial charge on any atom is -0.505 e. The van der Waals surface area contributed by atoms with E-state index in [1.165, 1.54) is 6.07 Å². The van der Waals surface area contributed by atoms with Crippen molar-refractivity contribution in [2.24, 2.45) is 5.73 Å². The van der Waals surface area contributed by atoms with Crippen molar-refractivity contribution in [3.05, 3.63) is 23.5 Å². The second-order valence-electron chi connectivity index (χ2n) is 2.73. The van der Waals surface area contributed by atoms with Gasteiger partial charge in [0.25, 0.3) is 0 Å². The Bertz CT molecular complexity index is 317. The number of halogens is 1. The molecule has 0 unspecified atom stereocenters. The van der Waals surface area contributed by atoms with E-state index in [0.717, 1.165) is 6.07 Å². The van der Waals surface area contributed by atoms with Crippen molar-refractivity contribution in [3.8, 4) is 5.75 Å². The molecule has 0 heterocycles. The van der Waals surface area contributed by atoms with Gasteiger partial charge in [-0.2, -0.15) is 0 Å². The summed E-state index contributed by atoms with van der Waals surface area (Å²) in [6.45, 7) is -0.379. The molecule has 6 N–H and O–H groups in total. The Kier molecular flexibility index (Phi) is 2.69. The van der Waals surface area contributed by atoms with Gasteiger partial charge in [-0.25, -0.2) is 4.39 Å². The van der Waals surface area contributed by atoms with E-state index >= 15 is 0 Å². The molecule has 1 atom stereocenters. The zero-order chi connectivity index (χ0) is 10.0. The van der Waals surface area contributed by atoms with Crippen molar-refractivity contribution in [1.82, 2.24) is 0 Å². The summed E-state index contributed by atoms with van der Waals surface area (Å²) in [5, 5.41) is 17.9. The Labute approximate surface area is 74.6 Å². The molecule has 0 aliphatic rings. The predicted molar refractivity (Wildman–Crippen MR) is 46.5 cm³/mol. The minimum absolute atomic E-state index is 0.111. The molecule has 0 aromatic heterocycles. The van der Waals surface area contributed by atoms with Crippen molar-refractivity contribution >= 4 is 5.69 Å². The van der Waals surface area contributed by atoms with Crippen LogP contribution in [0.1, 0.15) is 11.6 Å². The molecular formula is C8H11FN2O2. The van der Waals surface area contributed by atoms with Crippen molar-refractivity contribution in [3.63, 3.8) is 0 Å². The maximum atomic E-state index is 12.9. The van der Waals surface area contributed by atoms with Gasteiger partial charge in [-0.15, -0.1) is 0 Å². The highest BCUT2D eigenvalue weighted by molar-refractivity contribution is 5.49. The number of phenolic OH excluding ortho intramolecular Hbond substituents is 1. The maximum absolute atomic E-state index is 12.9. The first-order valence-corrected chi connectivity index (χ1v) is 3.70. The molecule has 0 amide bonds. The maximum Gasteiger partial charge on any atom is 0.167 e. The summed E-state index contributed by atoms with van der Waals surface area (Å²) in [7, 11) is 0. The summed E-state index contributed by atoms with van der Waals surface area (Å²) in [4.78, 5) is 0. The third kappa shape index (κ3) is 1.88. The number of benzene rings is 1. The Hall–Kier alpha value is -1.33. The van der Waals surface area contributed by atoms with E-state index in [2.05, 4.69) is 0 Å². The molecule has 0 saturated carbocycles. The second kappa shape index (κ2) is 3.59. The van der Waals surface area contributed by atoms with Gasteiger partial charge in [-0.05, 0) is 6.07 Å². The smallest absolute Gasteiger partial charge is 0.167 e. The molecule has 72 valence electrons. The molecule has 13 heavy (non-hydrogen) atoms. The summed E-state index contributed by atoms with van der Waals surface area (Å²) in [5.41, 5.74) is 11.0. The first kappa shape index (κ1) is 9.76. The van der Waals surface area contributed by atoms with Crippen LogP contribution in [0.25, 0.3) is 0 Å². The van der Waals surface area contributed by atoms with Crippen LogP contribution in [0.2, 0.25) is 0 Å². The van der Waals surface area contributed by atoms with Gasteiger partial charge in [-0.1, -0.05) is 0 Å². The third-order valence-corrected chi connectivity index (χ3v) is 1.71. The topological polar surface area (TPSA) is 92.5 Å². The normalized spacial score (nSPS) is 12.8. The van der Waals surface area contributed by atoms with E-state index in [9.17, 15) is 9.50 Å². The van der Waals surface area contributed by atoms with Gasteiger partial charge in [-0.3, -0.25) is 0 Å². The number of aromatic hydroxyl groups is 1. The summed E-state index contributed by atoms with van der Waals surface area (Å²) in [6, 6.07) is 1.50. The van der Waals surface area contributed by atoms with Crippen LogP contribution >= 0.6 is 0 Å². The van der Waals surface area contributed by atoms with Crippen molar-refractivity contribution in [2.45, 2.75) is 6.04 Å². The van der Waals surface area contributed by atoms with Crippen LogP contribution in [0.4, 0.5) is 10.1 Å². The van der Waals surface area contributed by atoms with Gasteiger partial charge in [0.2, 0.25) is 0 Å². The zero-order valence-corrected chi connectivity index (χ0v) is 6.87. The van der Waals surface area contributed by atoms with E-state index in [4.69, 9.17) is 16.6 Å². The molecule has 0 bridgehead atoms. The highest BCUT2D eigenvalue weighted by Gasteiger charge is 2.14. The molecule has 4 nitrogen and oxygen atoms in total. The largest absolute Gasteiger partial charge is 0.505 e. The SMILES string of the molecule is Nc1cc(F)c(O)c([C@H](N)CO)c1. The molecule has 0 radical (unpaired) electrons. The lowest BCUT2D eigenvalue weighted by molar-refractivity contribution is 0.264. The van der Waals surface area contributed by atoms with Gasteiger partial charge in [0.15, 0.2) is 11.6 Å². The third-order valence-electron chi connectivity index (χ3n) is 1.71. The standard InChI is InChI=1S/C8H11FN2O2/c9-6-2-4(10)1-5(8(6)13)7(11)3-12/h1-2,7,12-13H,3,10-11H2/t7-/m1/s1. The fourth-order valence-corrected chi connectivity index (χ4v) is 1.02. The van der Waals surface area contributed by atoms with Gasteiger partial charge >= 0.3 is 0 Å². The Morgan fingerprint density at radius 2 is 2.08 bits per heavy atom. The summed E-state index contributed by atoms with van der Waals surface area (Å²) in [6.07, 6.45) is 0. The summed E-state index contributed by atoms with van der Waals surface area (Å²) in [5.74, 6) is -1.39. The van der Waals surface area contributed by atoms with Crippen LogP contribution < -0.4 is 11.5 Å². The van der Waals surface area contributed by atoms with Crippen molar-refractivity contribution in [2.75, 3.05) is 12.3 Å². The van der Waals surface area contributed by atoms with Crippen LogP contribution in [-0.4, -0.2) is 16.8 Å². The van der Waals surface area contributed by atoms with Crippen LogP contribution in [0.5, 0.6) is 5.75 Å². The van der Waals surface area contributed by atoms with Gasteiger partial charge in [0.05, 0.1) is 12.6 Å². The predicted octanol–water partition coefficient (Wildman–Crippen LogP) is 0.106. The van der Waals surface area contributed by atoms with E-state index in [0.29, 0.717) is 0 Å². The fourth-order valence-electron chi connectivity index (χ4n) is 1.02. The lowest BCUT2D eigenvalue weighted by Crippen LogP contribution is -2.15. The monoisotopic (exact) mass is 186 g/mol. The van der Waals surface area contributed by atoms with Crippen LogP contribution in [0, 0.1) is 5.82 Å². The molecule has 1 aromatic carbocycles. The average molecular weight is 186 g/mol. The van der Waals surface area contributed by atoms with E-state index in [1.807, 2.05) is 0 Å². The second-order valence-corrected chi connectivity index (χ2v) is 2.73. The summed E-state index contributed by atoms with van der Waals surface area (Å²) >= 11 is 0. The van der Waals surface area contributed by atoms with E-state index in [-0.39, 0.29) is 17.9 Å².